The van der Waals surface area contributed by atoms with Gasteiger partial charge in [-0.3, -0.25) is 9.59 Å². The quantitative estimate of drug-likeness (QED) is 0.721. The van der Waals surface area contributed by atoms with Crippen LogP contribution in [0.4, 0.5) is 0 Å². The Morgan fingerprint density at radius 3 is 2.52 bits per heavy atom. The third kappa shape index (κ3) is 5.11. The van der Waals surface area contributed by atoms with Crippen molar-refractivity contribution in [2.45, 2.75) is 46.1 Å². The van der Waals surface area contributed by atoms with Crippen molar-refractivity contribution in [3.8, 4) is 5.75 Å². The summed E-state index contributed by atoms with van der Waals surface area (Å²) >= 11 is 6.03. The lowest BCUT2D eigenvalue weighted by molar-refractivity contribution is -0.152. The molecule has 0 bridgehead atoms. The molecule has 0 saturated carbocycles. The molecule has 2 rings (SSSR count). The number of esters is 1. The van der Waals surface area contributed by atoms with E-state index in [1.807, 2.05) is 19.9 Å². The number of halogens is 1. The maximum absolute atomic E-state index is 12.7. The van der Waals surface area contributed by atoms with Gasteiger partial charge in [-0.15, -0.1) is 0 Å². The van der Waals surface area contributed by atoms with Crippen LogP contribution in [0, 0.1) is 12.8 Å². The molecule has 0 unspecified atom stereocenters. The maximum atomic E-state index is 12.7. The molecule has 1 fully saturated rings. The van der Waals surface area contributed by atoms with Crippen molar-refractivity contribution in [1.29, 1.82) is 0 Å². The van der Waals surface area contributed by atoms with Gasteiger partial charge in [-0.05, 0) is 56.9 Å². The summed E-state index contributed by atoms with van der Waals surface area (Å²) in [6.45, 7) is 7.14. The molecule has 0 aromatic heterocycles. The summed E-state index contributed by atoms with van der Waals surface area (Å²) < 4.78 is 11.0. The topological polar surface area (TPSA) is 55.8 Å². The van der Waals surface area contributed by atoms with Gasteiger partial charge in [0.15, 0.2) is 6.10 Å². The second kappa shape index (κ2) is 9.09. The molecule has 25 heavy (non-hydrogen) atoms. The lowest BCUT2D eigenvalue weighted by atomic mass is 9.96. The maximum Gasteiger partial charge on any atom is 0.309 e. The van der Waals surface area contributed by atoms with Crippen LogP contribution in [0.15, 0.2) is 18.2 Å². The van der Waals surface area contributed by atoms with Crippen LogP contribution in [-0.4, -0.2) is 42.6 Å². The number of piperidine rings is 1. The van der Waals surface area contributed by atoms with Crippen molar-refractivity contribution in [2.24, 2.45) is 5.92 Å². The number of amides is 1. The molecule has 1 amide bonds. The monoisotopic (exact) mass is 367 g/mol. The number of carbonyl (C=O) groups is 2. The molecule has 138 valence electrons. The standard InChI is InChI=1S/C19H26ClNO4/c1-4-17(25-15-6-7-16(20)13(3)12-15)18(22)21-10-8-14(9-11-21)19(23)24-5-2/h6-7,12,14,17H,4-5,8-11H2,1-3H3/t17-/m0/s1. The van der Waals surface area contributed by atoms with E-state index in [4.69, 9.17) is 21.1 Å². The Balaban J connectivity index is 1.94. The zero-order valence-corrected chi connectivity index (χ0v) is 15.8. The third-order valence-corrected chi connectivity index (χ3v) is 4.90. The van der Waals surface area contributed by atoms with E-state index in [0.29, 0.717) is 49.7 Å². The van der Waals surface area contributed by atoms with Gasteiger partial charge >= 0.3 is 5.97 Å². The number of benzene rings is 1. The number of hydrogen-bond donors (Lipinski definition) is 0. The van der Waals surface area contributed by atoms with Gasteiger partial charge in [0.1, 0.15) is 5.75 Å². The highest BCUT2D eigenvalue weighted by Gasteiger charge is 2.31. The van der Waals surface area contributed by atoms with Crippen molar-refractivity contribution < 1.29 is 19.1 Å². The minimum atomic E-state index is -0.528. The molecule has 1 aromatic rings. The molecular formula is C19H26ClNO4. The molecule has 1 aromatic carbocycles. The van der Waals surface area contributed by atoms with Crippen molar-refractivity contribution in [3.05, 3.63) is 28.8 Å². The van der Waals surface area contributed by atoms with Crippen molar-refractivity contribution in [3.63, 3.8) is 0 Å². The molecule has 6 heteroatoms. The molecule has 1 saturated heterocycles. The SMILES string of the molecule is CCOC(=O)C1CCN(C(=O)[C@H](CC)Oc2ccc(Cl)c(C)c2)CC1. The normalized spacial score (nSPS) is 16.4. The number of hydrogen-bond acceptors (Lipinski definition) is 4. The summed E-state index contributed by atoms with van der Waals surface area (Å²) in [7, 11) is 0. The van der Waals surface area contributed by atoms with E-state index < -0.39 is 6.10 Å². The number of rotatable bonds is 6. The third-order valence-electron chi connectivity index (χ3n) is 4.48. The minimum Gasteiger partial charge on any atom is -0.481 e. The van der Waals surface area contributed by atoms with Gasteiger partial charge in [-0.1, -0.05) is 18.5 Å². The number of ether oxygens (including phenoxy) is 2. The van der Waals surface area contributed by atoms with E-state index in [2.05, 4.69) is 0 Å². The summed E-state index contributed by atoms with van der Waals surface area (Å²) in [6.07, 6.45) is 1.33. The van der Waals surface area contributed by atoms with Crippen LogP contribution in [0.3, 0.4) is 0 Å². The van der Waals surface area contributed by atoms with Gasteiger partial charge in [0.2, 0.25) is 0 Å². The van der Waals surface area contributed by atoms with E-state index in [1.54, 1.807) is 24.0 Å². The summed E-state index contributed by atoms with van der Waals surface area (Å²) in [4.78, 5) is 26.3. The fourth-order valence-corrected chi connectivity index (χ4v) is 3.08. The first kappa shape index (κ1) is 19.6. The van der Waals surface area contributed by atoms with Crippen LogP contribution in [0.25, 0.3) is 0 Å². The fourth-order valence-electron chi connectivity index (χ4n) is 2.96. The van der Waals surface area contributed by atoms with E-state index in [0.717, 1.165) is 5.56 Å². The van der Waals surface area contributed by atoms with Gasteiger partial charge in [0.25, 0.3) is 5.91 Å². The summed E-state index contributed by atoms with van der Waals surface area (Å²) in [5, 5.41) is 0.674. The molecule has 1 aliphatic rings. The van der Waals surface area contributed by atoms with Crippen molar-refractivity contribution in [2.75, 3.05) is 19.7 Å². The number of aryl methyl sites for hydroxylation is 1. The van der Waals surface area contributed by atoms with E-state index in [-0.39, 0.29) is 17.8 Å². The Bertz CT molecular complexity index is 611. The molecule has 0 spiro atoms. The fraction of sp³-hybridized carbons (Fsp3) is 0.579. The first-order valence-electron chi connectivity index (χ1n) is 8.84. The van der Waals surface area contributed by atoms with E-state index >= 15 is 0 Å². The average molecular weight is 368 g/mol. The summed E-state index contributed by atoms with van der Waals surface area (Å²) in [5.74, 6) is 0.347. The highest BCUT2D eigenvalue weighted by molar-refractivity contribution is 6.31. The van der Waals surface area contributed by atoms with Crippen LogP contribution in [-0.2, 0) is 14.3 Å². The van der Waals surface area contributed by atoms with Gasteiger partial charge in [0, 0.05) is 18.1 Å². The zero-order chi connectivity index (χ0) is 18.4. The first-order chi connectivity index (χ1) is 12.0. The Kier molecular flexibility index (Phi) is 7.12. The molecule has 5 nitrogen and oxygen atoms in total. The van der Waals surface area contributed by atoms with Gasteiger partial charge in [-0.2, -0.15) is 0 Å². The molecule has 0 radical (unpaired) electrons. The molecule has 0 aliphatic carbocycles. The minimum absolute atomic E-state index is 0.0302. The van der Waals surface area contributed by atoms with Crippen LogP contribution in [0.2, 0.25) is 5.02 Å². The average Bonchev–Trinajstić information content (AvgIpc) is 2.62. The van der Waals surface area contributed by atoms with Crippen LogP contribution >= 0.6 is 11.6 Å². The Hall–Kier alpha value is -1.75. The van der Waals surface area contributed by atoms with E-state index in [9.17, 15) is 9.59 Å². The smallest absolute Gasteiger partial charge is 0.309 e. The molecule has 1 atom stereocenters. The second-order valence-electron chi connectivity index (χ2n) is 6.28. The zero-order valence-electron chi connectivity index (χ0n) is 15.1. The van der Waals surface area contributed by atoms with Crippen LogP contribution in [0.1, 0.15) is 38.7 Å². The predicted molar refractivity (Wildman–Crippen MR) is 96.8 cm³/mol. The number of likely N-dealkylation sites (tertiary alicyclic amines) is 1. The van der Waals surface area contributed by atoms with Gasteiger partial charge in [-0.25, -0.2) is 0 Å². The lowest BCUT2D eigenvalue weighted by Crippen LogP contribution is -2.46. The molecule has 1 heterocycles. The van der Waals surface area contributed by atoms with Crippen LogP contribution in [0.5, 0.6) is 5.75 Å². The van der Waals surface area contributed by atoms with Crippen molar-refractivity contribution >= 4 is 23.5 Å². The highest BCUT2D eigenvalue weighted by Crippen LogP contribution is 2.24. The largest absolute Gasteiger partial charge is 0.481 e. The van der Waals surface area contributed by atoms with Crippen molar-refractivity contribution in [1.82, 2.24) is 4.90 Å². The Morgan fingerprint density at radius 2 is 1.96 bits per heavy atom. The predicted octanol–water partition coefficient (Wildman–Crippen LogP) is 3.61. The Morgan fingerprint density at radius 1 is 1.28 bits per heavy atom. The second-order valence-corrected chi connectivity index (χ2v) is 6.68. The number of carbonyl (C=O) groups excluding carboxylic acids is 2. The van der Waals surface area contributed by atoms with Gasteiger partial charge < -0.3 is 14.4 Å². The molecule has 0 N–H and O–H groups in total. The summed E-state index contributed by atoms with van der Waals surface area (Å²) in [6, 6.07) is 5.39. The summed E-state index contributed by atoms with van der Waals surface area (Å²) in [5.41, 5.74) is 0.914. The van der Waals surface area contributed by atoms with Gasteiger partial charge in [0.05, 0.1) is 12.5 Å². The number of nitrogens with zero attached hydrogens (tertiary/aromatic N) is 1. The Labute approximate surface area is 154 Å². The van der Waals surface area contributed by atoms with Crippen LogP contribution < -0.4 is 4.74 Å². The first-order valence-corrected chi connectivity index (χ1v) is 9.22. The highest BCUT2D eigenvalue weighted by atomic mass is 35.5. The molecule has 1 aliphatic heterocycles. The lowest BCUT2D eigenvalue weighted by Gasteiger charge is -2.33. The van der Waals surface area contributed by atoms with E-state index in [1.165, 1.54) is 0 Å². The molecular weight excluding hydrogens is 342 g/mol.